The van der Waals surface area contributed by atoms with E-state index < -0.39 is 0 Å². The van der Waals surface area contributed by atoms with Crippen molar-refractivity contribution >= 4 is 11.8 Å². The maximum Gasteiger partial charge on any atom is 0.129 e. The molecule has 1 aliphatic heterocycles. The lowest BCUT2D eigenvalue weighted by Crippen LogP contribution is -2.38. The molecule has 2 fully saturated rings. The van der Waals surface area contributed by atoms with Crippen molar-refractivity contribution in [1.29, 1.82) is 0 Å². The summed E-state index contributed by atoms with van der Waals surface area (Å²) in [6.07, 6.45) is 5.39. The van der Waals surface area contributed by atoms with Crippen molar-refractivity contribution in [1.82, 2.24) is 4.90 Å². The van der Waals surface area contributed by atoms with Crippen molar-refractivity contribution in [2.75, 3.05) is 39.5 Å². The summed E-state index contributed by atoms with van der Waals surface area (Å²) >= 11 is 0. The minimum absolute atomic E-state index is 0.209. The first-order chi connectivity index (χ1) is 12.2. The monoisotopic (exact) mass is 346 g/mol. The molecule has 0 amide bonds. The Kier molecular flexibility index (Phi) is 6.59. The predicted octanol–water partition coefficient (Wildman–Crippen LogP) is 3.73. The van der Waals surface area contributed by atoms with Crippen LogP contribution < -0.4 is 0 Å². The Balaban J connectivity index is 1.61. The van der Waals surface area contributed by atoms with Crippen LogP contribution in [0, 0.1) is 11.7 Å². The van der Waals surface area contributed by atoms with Gasteiger partial charge in [0, 0.05) is 25.6 Å². The highest BCUT2D eigenvalue weighted by molar-refractivity contribution is 6.05. The van der Waals surface area contributed by atoms with Crippen LogP contribution in [0.2, 0.25) is 0 Å². The molecular formula is C20H27FN2O2. The summed E-state index contributed by atoms with van der Waals surface area (Å²) in [6, 6.07) is 6.60. The SMILES string of the molecule is CC1CCCC(=C\c2ccc(F)cc2)/C1=N/OCCN1CCOCC1. The third-order valence-corrected chi connectivity index (χ3v) is 4.86. The molecule has 25 heavy (non-hydrogen) atoms. The first-order valence-corrected chi connectivity index (χ1v) is 9.19. The fourth-order valence-corrected chi connectivity index (χ4v) is 3.34. The lowest BCUT2D eigenvalue weighted by Gasteiger charge is -2.26. The van der Waals surface area contributed by atoms with Gasteiger partial charge in [0.15, 0.2) is 0 Å². The van der Waals surface area contributed by atoms with Crippen LogP contribution in [-0.2, 0) is 9.57 Å². The van der Waals surface area contributed by atoms with Crippen LogP contribution in [-0.4, -0.2) is 50.1 Å². The fourth-order valence-electron chi connectivity index (χ4n) is 3.34. The minimum atomic E-state index is -0.209. The van der Waals surface area contributed by atoms with E-state index in [-0.39, 0.29) is 5.82 Å². The first-order valence-electron chi connectivity index (χ1n) is 9.19. The summed E-state index contributed by atoms with van der Waals surface area (Å²) in [7, 11) is 0. The molecule has 1 atom stereocenters. The number of hydrogen-bond donors (Lipinski definition) is 0. The van der Waals surface area contributed by atoms with Crippen molar-refractivity contribution in [3.05, 3.63) is 41.2 Å². The fraction of sp³-hybridized carbons (Fsp3) is 0.550. The first kappa shape index (κ1) is 18.1. The van der Waals surface area contributed by atoms with E-state index in [1.807, 2.05) is 0 Å². The van der Waals surface area contributed by atoms with Gasteiger partial charge in [0.1, 0.15) is 12.4 Å². The molecule has 5 heteroatoms. The minimum Gasteiger partial charge on any atom is -0.394 e. The zero-order valence-corrected chi connectivity index (χ0v) is 14.9. The van der Waals surface area contributed by atoms with Crippen LogP contribution in [0.15, 0.2) is 35.0 Å². The molecule has 0 aromatic heterocycles. The van der Waals surface area contributed by atoms with Gasteiger partial charge in [-0.3, -0.25) is 4.90 Å². The molecule has 1 saturated carbocycles. The van der Waals surface area contributed by atoms with Crippen LogP contribution in [0.3, 0.4) is 0 Å². The van der Waals surface area contributed by atoms with Crippen molar-refractivity contribution < 1.29 is 14.0 Å². The van der Waals surface area contributed by atoms with Gasteiger partial charge in [0.25, 0.3) is 0 Å². The maximum absolute atomic E-state index is 13.1. The van der Waals surface area contributed by atoms with E-state index in [1.165, 1.54) is 17.7 Å². The molecule has 0 spiro atoms. The van der Waals surface area contributed by atoms with Gasteiger partial charge >= 0.3 is 0 Å². The average Bonchev–Trinajstić information content (AvgIpc) is 2.63. The van der Waals surface area contributed by atoms with E-state index in [9.17, 15) is 4.39 Å². The van der Waals surface area contributed by atoms with Crippen molar-refractivity contribution in [2.45, 2.75) is 26.2 Å². The predicted molar refractivity (Wildman–Crippen MR) is 98.0 cm³/mol. The topological polar surface area (TPSA) is 34.1 Å². The summed E-state index contributed by atoms with van der Waals surface area (Å²) in [5.41, 5.74) is 3.25. The van der Waals surface area contributed by atoms with Crippen LogP contribution in [0.1, 0.15) is 31.7 Å². The lowest BCUT2D eigenvalue weighted by molar-refractivity contribution is 0.0210. The number of rotatable bonds is 5. The molecule has 1 aliphatic carbocycles. The number of allylic oxidation sites excluding steroid dienone is 1. The van der Waals surface area contributed by atoms with Gasteiger partial charge < -0.3 is 9.57 Å². The molecule has 1 aromatic carbocycles. The Hall–Kier alpha value is -1.72. The Labute approximate surface area is 149 Å². The largest absolute Gasteiger partial charge is 0.394 e. The quantitative estimate of drug-likeness (QED) is 0.602. The maximum atomic E-state index is 13.1. The van der Waals surface area contributed by atoms with Crippen LogP contribution in [0.4, 0.5) is 4.39 Å². The molecule has 136 valence electrons. The zero-order valence-electron chi connectivity index (χ0n) is 14.9. The van der Waals surface area contributed by atoms with Gasteiger partial charge in [0.2, 0.25) is 0 Å². The molecule has 1 unspecified atom stereocenters. The molecular weight excluding hydrogens is 319 g/mol. The second-order valence-electron chi connectivity index (χ2n) is 6.78. The van der Waals surface area contributed by atoms with Crippen molar-refractivity contribution in [3.63, 3.8) is 0 Å². The molecule has 4 nitrogen and oxygen atoms in total. The average molecular weight is 346 g/mol. The number of morpholine rings is 1. The van der Waals surface area contributed by atoms with Crippen LogP contribution >= 0.6 is 0 Å². The highest BCUT2D eigenvalue weighted by Gasteiger charge is 2.21. The van der Waals surface area contributed by atoms with Gasteiger partial charge in [0.05, 0.1) is 18.9 Å². The van der Waals surface area contributed by atoms with Crippen LogP contribution in [0.25, 0.3) is 6.08 Å². The molecule has 2 aliphatic rings. The summed E-state index contributed by atoms with van der Waals surface area (Å²) in [5, 5.41) is 4.46. The van der Waals surface area contributed by atoms with Crippen molar-refractivity contribution in [2.24, 2.45) is 11.1 Å². The highest BCUT2D eigenvalue weighted by atomic mass is 19.1. The second-order valence-corrected chi connectivity index (χ2v) is 6.78. The number of nitrogens with zero attached hydrogens (tertiary/aromatic N) is 2. The molecule has 1 saturated heterocycles. The Bertz CT molecular complexity index is 607. The zero-order chi connectivity index (χ0) is 17.5. The normalized spacial score (nSPS) is 25.4. The number of hydrogen-bond acceptors (Lipinski definition) is 4. The van der Waals surface area contributed by atoms with Gasteiger partial charge in [-0.2, -0.15) is 0 Å². The Morgan fingerprint density at radius 1 is 1.28 bits per heavy atom. The second kappa shape index (κ2) is 9.11. The van der Waals surface area contributed by atoms with E-state index in [2.05, 4.69) is 23.1 Å². The number of halogens is 1. The standard InChI is InChI=1S/C20H27FN2O2/c1-16-3-2-4-18(15-17-5-7-19(21)8-6-17)20(16)22-25-14-11-23-9-12-24-13-10-23/h5-8,15-16H,2-4,9-14H2,1H3/b18-15+,22-20+. The lowest BCUT2D eigenvalue weighted by atomic mass is 9.84. The van der Waals surface area contributed by atoms with E-state index in [0.29, 0.717) is 12.5 Å². The Morgan fingerprint density at radius 2 is 2.04 bits per heavy atom. The number of ether oxygens (including phenoxy) is 1. The van der Waals surface area contributed by atoms with Gasteiger partial charge in [-0.1, -0.05) is 24.2 Å². The molecule has 1 aromatic rings. The van der Waals surface area contributed by atoms with E-state index in [4.69, 9.17) is 9.57 Å². The smallest absolute Gasteiger partial charge is 0.129 e. The van der Waals surface area contributed by atoms with Gasteiger partial charge in [-0.25, -0.2) is 4.39 Å². The molecule has 3 rings (SSSR count). The summed E-state index contributed by atoms with van der Waals surface area (Å²) in [4.78, 5) is 7.97. The summed E-state index contributed by atoms with van der Waals surface area (Å²) < 4.78 is 18.4. The van der Waals surface area contributed by atoms with Gasteiger partial charge in [-0.15, -0.1) is 0 Å². The number of oxime groups is 1. The third-order valence-electron chi connectivity index (χ3n) is 4.86. The van der Waals surface area contributed by atoms with E-state index >= 15 is 0 Å². The highest BCUT2D eigenvalue weighted by Crippen LogP contribution is 2.28. The van der Waals surface area contributed by atoms with Crippen molar-refractivity contribution in [3.8, 4) is 0 Å². The molecule has 1 heterocycles. The summed E-state index contributed by atoms with van der Waals surface area (Å²) in [6.45, 7) is 7.21. The molecule has 0 radical (unpaired) electrons. The number of benzene rings is 1. The van der Waals surface area contributed by atoms with E-state index in [0.717, 1.165) is 63.4 Å². The van der Waals surface area contributed by atoms with Crippen LogP contribution in [0.5, 0.6) is 0 Å². The van der Waals surface area contributed by atoms with Gasteiger partial charge in [-0.05, 0) is 48.6 Å². The summed E-state index contributed by atoms with van der Waals surface area (Å²) in [5.74, 6) is 0.184. The third kappa shape index (κ3) is 5.38. The molecule has 0 bridgehead atoms. The van der Waals surface area contributed by atoms with E-state index in [1.54, 1.807) is 12.1 Å². The molecule has 0 N–H and O–H groups in total. The Morgan fingerprint density at radius 3 is 2.80 bits per heavy atom.